The van der Waals surface area contributed by atoms with Crippen LogP contribution in [0.1, 0.15) is 68.9 Å². The number of aromatic nitrogens is 2. The molecule has 226 valence electrons. The molecule has 0 saturated heterocycles. The lowest BCUT2D eigenvalue weighted by molar-refractivity contribution is -0.274. The van der Waals surface area contributed by atoms with Crippen LogP contribution in [0.5, 0.6) is 5.75 Å². The molecule has 5 fully saturated rings. The second kappa shape index (κ2) is 11.5. The summed E-state index contributed by atoms with van der Waals surface area (Å²) >= 11 is 0. The van der Waals surface area contributed by atoms with E-state index in [-0.39, 0.29) is 29.8 Å². The number of nitrogens with one attached hydrogen (secondary N) is 2. The fourth-order valence-corrected chi connectivity index (χ4v) is 8.76. The van der Waals surface area contributed by atoms with Gasteiger partial charge in [0.1, 0.15) is 23.2 Å². The zero-order valence-corrected chi connectivity index (χ0v) is 23.9. The highest BCUT2D eigenvalue weighted by Crippen LogP contribution is 2.61. The Bertz CT molecular complexity index is 1290. The van der Waals surface area contributed by atoms with E-state index in [1.54, 1.807) is 12.1 Å². The third kappa shape index (κ3) is 6.16. The fraction of sp³-hybridized carbons (Fsp3) is 0.645. The Morgan fingerprint density at radius 3 is 2.50 bits per heavy atom. The molecule has 2 unspecified atom stereocenters. The summed E-state index contributed by atoms with van der Waals surface area (Å²) in [5, 5.41) is 26.2. The van der Waals surface area contributed by atoms with Crippen LogP contribution in [0.2, 0.25) is 0 Å². The summed E-state index contributed by atoms with van der Waals surface area (Å²) < 4.78 is 42.6. The summed E-state index contributed by atoms with van der Waals surface area (Å²) in [4.78, 5) is 11.4. The number of nitriles is 1. The highest BCUT2D eigenvalue weighted by Gasteiger charge is 2.56. The van der Waals surface area contributed by atoms with Crippen LogP contribution in [0.4, 0.5) is 24.9 Å². The quantitative estimate of drug-likeness (QED) is 0.345. The zero-order valence-electron chi connectivity index (χ0n) is 23.9. The summed E-state index contributed by atoms with van der Waals surface area (Å²) in [6, 6.07) is 9.26. The zero-order chi connectivity index (χ0) is 29.5. The van der Waals surface area contributed by atoms with E-state index in [0.717, 1.165) is 51.0 Å². The molecule has 0 amide bonds. The van der Waals surface area contributed by atoms with Gasteiger partial charge in [0, 0.05) is 30.7 Å². The highest BCUT2D eigenvalue weighted by molar-refractivity contribution is 5.53. The van der Waals surface area contributed by atoms with Gasteiger partial charge in [-0.1, -0.05) is 18.2 Å². The molecule has 0 spiro atoms. The van der Waals surface area contributed by atoms with Gasteiger partial charge in [-0.3, -0.25) is 4.90 Å². The molecule has 0 aliphatic heterocycles. The molecular formula is C31H39F3N6O2. The van der Waals surface area contributed by atoms with Gasteiger partial charge in [-0.05, 0) is 94.1 Å². The maximum atomic E-state index is 12.8. The van der Waals surface area contributed by atoms with Crippen LogP contribution in [0.25, 0.3) is 0 Å². The van der Waals surface area contributed by atoms with Crippen LogP contribution in [-0.4, -0.2) is 58.1 Å². The first-order valence-corrected chi connectivity index (χ1v) is 15.1. The number of aliphatic hydroxyl groups is 1. The van der Waals surface area contributed by atoms with Gasteiger partial charge < -0.3 is 20.5 Å². The lowest BCUT2D eigenvalue weighted by atomic mass is 9.47. The van der Waals surface area contributed by atoms with Crippen molar-refractivity contribution >= 4 is 11.8 Å². The van der Waals surface area contributed by atoms with Crippen molar-refractivity contribution in [3.05, 3.63) is 41.6 Å². The number of halogens is 3. The number of ether oxygens (including phenoxy) is 1. The molecular weight excluding hydrogens is 545 g/mol. The van der Waals surface area contributed by atoms with Gasteiger partial charge in [-0.15, -0.1) is 13.2 Å². The molecule has 11 heteroatoms. The summed E-state index contributed by atoms with van der Waals surface area (Å²) in [6.45, 7) is 0.761. The van der Waals surface area contributed by atoms with Gasteiger partial charge in [-0.25, -0.2) is 4.98 Å². The van der Waals surface area contributed by atoms with Gasteiger partial charge in [-0.2, -0.15) is 10.2 Å². The monoisotopic (exact) mass is 584 g/mol. The molecule has 4 bridgehead atoms. The summed E-state index contributed by atoms with van der Waals surface area (Å²) in [5.74, 6) is 2.44. The highest BCUT2D eigenvalue weighted by atomic mass is 19.4. The van der Waals surface area contributed by atoms with Gasteiger partial charge in [0.2, 0.25) is 5.95 Å². The number of nitrogens with zero attached hydrogens (tertiary/aromatic N) is 4. The predicted octanol–water partition coefficient (Wildman–Crippen LogP) is 5.70. The molecule has 1 aromatic carbocycles. The maximum Gasteiger partial charge on any atom is 0.573 e. The second-order valence-corrected chi connectivity index (χ2v) is 13.0. The fourth-order valence-electron chi connectivity index (χ4n) is 8.76. The van der Waals surface area contributed by atoms with Gasteiger partial charge in [0.25, 0.3) is 0 Å². The lowest BCUT2D eigenvalue weighted by Crippen LogP contribution is -2.61. The van der Waals surface area contributed by atoms with Crippen molar-refractivity contribution in [1.82, 2.24) is 14.9 Å². The van der Waals surface area contributed by atoms with Crippen LogP contribution in [0, 0.1) is 34.5 Å². The van der Waals surface area contributed by atoms with Crippen LogP contribution in [-0.2, 0) is 6.54 Å². The molecule has 0 radical (unpaired) electrons. The first-order chi connectivity index (χ1) is 20.1. The van der Waals surface area contributed by atoms with Crippen molar-refractivity contribution in [3.8, 4) is 11.8 Å². The Kier molecular flexibility index (Phi) is 7.96. The molecule has 3 N–H and O–H groups in total. The first kappa shape index (κ1) is 29.0. The Morgan fingerprint density at radius 2 is 1.81 bits per heavy atom. The van der Waals surface area contributed by atoms with Gasteiger partial charge in [0.05, 0.1) is 12.3 Å². The lowest BCUT2D eigenvalue weighted by Gasteiger charge is -2.62. The SMILES string of the molecule is CN(C1CCC(O)CC1)[C@H]1[C@@H]2CC3C[C@H]1CC(CNc1nc(NCc4ccccc4OC(F)(F)F)ncc1C#N)(C3)C2. The predicted molar refractivity (Wildman–Crippen MR) is 151 cm³/mol. The topological polar surface area (TPSA) is 106 Å². The normalized spacial score (nSPS) is 32.0. The van der Waals surface area contributed by atoms with E-state index in [0.29, 0.717) is 40.9 Å². The largest absolute Gasteiger partial charge is 0.573 e. The summed E-state index contributed by atoms with van der Waals surface area (Å²) in [7, 11) is 2.31. The standard InChI is InChI=1S/C31H39F3N6O2/c1-40(24-6-8-25(41)9-7-24)27-21-10-19-11-22(27)14-30(12-19,13-21)18-38-28-23(15-35)17-37-29(39-28)36-16-20-4-2-3-5-26(20)42-31(32,33)34/h2-5,17,19,21-22,24-25,27,41H,6-14,16,18H2,1H3,(H2,36,37,38,39)/t19?,21-,22+,24?,25?,27+,30?. The number of para-hydroxylation sites is 1. The molecule has 1 heterocycles. The number of aliphatic hydroxyl groups excluding tert-OH is 1. The van der Waals surface area contributed by atoms with E-state index < -0.39 is 6.36 Å². The minimum absolute atomic E-state index is 0.0292. The molecule has 8 nitrogen and oxygen atoms in total. The van der Waals surface area contributed by atoms with E-state index in [9.17, 15) is 23.5 Å². The van der Waals surface area contributed by atoms with Crippen molar-refractivity contribution in [2.45, 2.75) is 88.9 Å². The second-order valence-electron chi connectivity index (χ2n) is 13.0. The smallest absolute Gasteiger partial charge is 0.405 e. The van der Waals surface area contributed by atoms with E-state index in [1.807, 2.05) is 0 Å². The van der Waals surface area contributed by atoms with Crippen molar-refractivity contribution < 1.29 is 23.0 Å². The molecule has 7 rings (SSSR count). The number of alkyl halides is 3. The molecule has 5 saturated carbocycles. The molecule has 5 atom stereocenters. The number of anilines is 2. The number of hydrogen-bond donors (Lipinski definition) is 3. The summed E-state index contributed by atoms with van der Waals surface area (Å²) in [5.41, 5.74) is 0.813. The number of hydrogen-bond acceptors (Lipinski definition) is 8. The first-order valence-electron chi connectivity index (χ1n) is 15.1. The Labute approximate surface area is 244 Å². The minimum Gasteiger partial charge on any atom is -0.405 e. The third-order valence-corrected chi connectivity index (χ3v) is 10.2. The Morgan fingerprint density at radius 1 is 1.10 bits per heavy atom. The van der Waals surface area contributed by atoms with E-state index in [4.69, 9.17) is 0 Å². The van der Waals surface area contributed by atoms with Crippen molar-refractivity contribution in [1.29, 1.82) is 5.26 Å². The molecule has 5 aliphatic carbocycles. The Hall–Kier alpha value is -3.10. The van der Waals surface area contributed by atoms with Crippen LogP contribution in [0.3, 0.4) is 0 Å². The van der Waals surface area contributed by atoms with Gasteiger partial charge in [0.15, 0.2) is 0 Å². The van der Waals surface area contributed by atoms with Gasteiger partial charge >= 0.3 is 6.36 Å². The summed E-state index contributed by atoms with van der Waals surface area (Å²) in [6.07, 6.45) is 6.54. The van der Waals surface area contributed by atoms with Crippen LogP contribution >= 0.6 is 0 Å². The number of rotatable bonds is 9. The third-order valence-electron chi connectivity index (χ3n) is 10.2. The van der Waals surface area contributed by atoms with E-state index >= 15 is 0 Å². The molecule has 5 aliphatic rings. The molecule has 1 aromatic heterocycles. The Balaban J connectivity index is 1.11. The molecule has 2 aromatic rings. The van der Waals surface area contributed by atoms with Crippen LogP contribution < -0.4 is 15.4 Å². The molecule has 42 heavy (non-hydrogen) atoms. The van der Waals surface area contributed by atoms with E-state index in [2.05, 4.69) is 43.4 Å². The van der Waals surface area contributed by atoms with Crippen molar-refractivity contribution in [2.75, 3.05) is 24.2 Å². The van der Waals surface area contributed by atoms with E-state index in [1.165, 1.54) is 37.6 Å². The average molecular weight is 585 g/mol. The minimum atomic E-state index is -4.79. The average Bonchev–Trinajstić information content (AvgIpc) is 2.94. The van der Waals surface area contributed by atoms with Crippen molar-refractivity contribution in [2.24, 2.45) is 23.2 Å². The maximum absolute atomic E-state index is 12.8. The van der Waals surface area contributed by atoms with Crippen LogP contribution in [0.15, 0.2) is 30.5 Å². The van der Waals surface area contributed by atoms with Crippen molar-refractivity contribution in [3.63, 3.8) is 0 Å². The number of benzene rings is 1.